The monoisotopic (exact) mass is 430 g/mol. The molecule has 2 N–H and O–H groups in total. The zero-order valence-corrected chi connectivity index (χ0v) is 16.2. The predicted molar refractivity (Wildman–Crippen MR) is 99.0 cm³/mol. The topological polar surface area (TPSA) is 75.3 Å². The van der Waals surface area contributed by atoms with E-state index in [1.807, 2.05) is 6.07 Å². The van der Waals surface area contributed by atoms with Crippen LogP contribution in [0.1, 0.15) is 24.2 Å². The molecule has 2 aromatic rings. The molecule has 0 atom stereocenters. The summed E-state index contributed by atoms with van der Waals surface area (Å²) in [6.45, 7) is 3.43. The summed E-state index contributed by atoms with van der Waals surface area (Å²) in [4.78, 5) is 12.4. The molecule has 0 aromatic heterocycles. The van der Waals surface area contributed by atoms with Crippen molar-refractivity contribution in [1.82, 2.24) is 4.72 Å². The first-order valence-electron chi connectivity index (χ1n) is 7.08. The van der Waals surface area contributed by atoms with Crippen LogP contribution >= 0.6 is 27.5 Å². The Bertz CT molecular complexity index is 869. The van der Waals surface area contributed by atoms with E-state index in [9.17, 15) is 13.2 Å². The van der Waals surface area contributed by atoms with Crippen LogP contribution in [0.2, 0.25) is 5.02 Å². The van der Waals surface area contributed by atoms with Crippen LogP contribution in [0.25, 0.3) is 0 Å². The number of amides is 1. The van der Waals surface area contributed by atoms with Crippen molar-refractivity contribution in [3.63, 3.8) is 0 Å². The van der Waals surface area contributed by atoms with Gasteiger partial charge in [0.05, 0.1) is 15.5 Å². The molecular formula is C16H16BrClN2O3S. The second-order valence-electron chi connectivity index (χ2n) is 5.38. The van der Waals surface area contributed by atoms with Crippen LogP contribution in [-0.2, 0) is 10.0 Å². The molecule has 8 heteroatoms. The standard InChI is InChI=1S/C16H16BrClN2O3S/c1-10(2)20-24(22,23)13-6-7-15(18)14(9-13)16(21)19-12-5-3-4-11(17)8-12/h3-10,20H,1-2H3,(H,19,21). The number of sulfonamides is 1. The summed E-state index contributed by atoms with van der Waals surface area (Å²) in [7, 11) is -3.71. The molecular weight excluding hydrogens is 416 g/mol. The molecule has 0 heterocycles. The van der Waals surface area contributed by atoms with E-state index in [4.69, 9.17) is 11.6 Å². The number of benzene rings is 2. The highest BCUT2D eigenvalue weighted by Crippen LogP contribution is 2.23. The molecule has 0 spiro atoms. The fourth-order valence-corrected chi connectivity index (χ4v) is 3.87. The van der Waals surface area contributed by atoms with Crippen LogP contribution in [0.15, 0.2) is 51.8 Å². The van der Waals surface area contributed by atoms with Crippen LogP contribution in [0.5, 0.6) is 0 Å². The van der Waals surface area contributed by atoms with Crippen molar-refractivity contribution in [3.05, 3.63) is 57.5 Å². The minimum atomic E-state index is -3.71. The summed E-state index contributed by atoms with van der Waals surface area (Å²) in [5.41, 5.74) is 0.655. The molecule has 0 unspecified atom stereocenters. The van der Waals surface area contributed by atoms with Gasteiger partial charge in [-0.25, -0.2) is 13.1 Å². The summed E-state index contributed by atoms with van der Waals surface area (Å²) < 4.78 is 27.8. The minimum Gasteiger partial charge on any atom is -0.322 e. The SMILES string of the molecule is CC(C)NS(=O)(=O)c1ccc(Cl)c(C(=O)Nc2cccc(Br)c2)c1. The number of carbonyl (C=O) groups excluding carboxylic acids is 1. The normalized spacial score (nSPS) is 11.5. The van der Waals surface area contributed by atoms with Crippen molar-refractivity contribution in [2.75, 3.05) is 5.32 Å². The van der Waals surface area contributed by atoms with Gasteiger partial charge in [-0.3, -0.25) is 4.79 Å². The van der Waals surface area contributed by atoms with Gasteiger partial charge in [-0.05, 0) is 50.2 Å². The third-order valence-electron chi connectivity index (χ3n) is 2.97. The van der Waals surface area contributed by atoms with Gasteiger partial charge in [-0.15, -0.1) is 0 Å². The van der Waals surface area contributed by atoms with E-state index in [0.29, 0.717) is 5.69 Å². The van der Waals surface area contributed by atoms with Crippen LogP contribution in [-0.4, -0.2) is 20.4 Å². The lowest BCUT2D eigenvalue weighted by atomic mass is 10.2. The Morgan fingerprint density at radius 3 is 2.50 bits per heavy atom. The average Bonchev–Trinajstić information content (AvgIpc) is 2.46. The maximum Gasteiger partial charge on any atom is 0.257 e. The summed E-state index contributed by atoms with van der Waals surface area (Å²) in [6.07, 6.45) is 0. The average molecular weight is 432 g/mol. The lowest BCUT2D eigenvalue weighted by molar-refractivity contribution is 0.102. The molecule has 0 aliphatic heterocycles. The van der Waals surface area contributed by atoms with Crippen molar-refractivity contribution in [2.45, 2.75) is 24.8 Å². The fourth-order valence-electron chi connectivity index (χ4n) is 1.99. The van der Waals surface area contributed by atoms with Crippen LogP contribution in [0.3, 0.4) is 0 Å². The number of carbonyl (C=O) groups is 1. The number of hydrogen-bond donors (Lipinski definition) is 2. The first kappa shape index (κ1) is 18.9. The maximum absolute atomic E-state index is 12.4. The molecule has 0 fully saturated rings. The Labute approximate surface area is 154 Å². The van der Waals surface area contributed by atoms with Crippen molar-refractivity contribution in [3.8, 4) is 0 Å². The Morgan fingerprint density at radius 2 is 1.88 bits per heavy atom. The number of anilines is 1. The van der Waals surface area contributed by atoms with E-state index < -0.39 is 15.9 Å². The highest BCUT2D eigenvalue weighted by Gasteiger charge is 2.19. The Morgan fingerprint density at radius 1 is 1.17 bits per heavy atom. The molecule has 0 aliphatic rings. The molecule has 0 aliphatic carbocycles. The van der Waals surface area contributed by atoms with Crippen LogP contribution in [0, 0.1) is 0 Å². The van der Waals surface area contributed by atoms with Gasteiger partial charge in [-0.2, -0.15) is 0 Å². The molecule has 0 saturated carbocycles. The smallest absolute Gasteiger partial charge is 0.257 e. The van der Waals surface area contributed by atoms with Gasteiger partial charge in [0.2, 0.25) is 10.0 Å². The largest absolute Gasteiger partial charge is 0.322 e. The summed E-state index contributed by atoms with van der Waals surface area (Å²) in [5, 5.41) is 2.86. The first-order chi connectivity index (χ1) is 11.2. The van der Waals surface area contributed by atoms with Crippen LogP contribution < -0.4 is 10.0 Å². The van der Waals surface area contributed by atoms with Gasteiger partial charge < -0.3 is 5.32 Å². The highest BCUT2D eigenvalue weighted by molar-refractivity contribution is 9.10. The molecule has 5 nitrogen and oxygen atoms in total. The van der Waals surface area contributed by atoms with Crippen molar-refractivity contribution < 1.29 is 13.2 Å². The molecule has 24 heavy (non-hydrogen) atoms. The van der Waals surface area contributed by atoms with Crippen molar-refractivity contribution in [2.24, 2.45) is 0 Å². The molecule has 0 bridgehead atoms. The Hall–Kier alpha value is -1.41. The van der Waals surface area contributed by atoms with Gasteiger partial charge in [0.1, 0.15) is 0 Å². The van der Waals surface area contributed by atoms with E-state index in [1.165, 1.54) is 18.2 Å². The molecule has 0 radical (unpaired) electrons. The summed E-state index contributed by atoms with van der Waals surface area (Å²) in [5.74, 6) is -0.486. The van der Waals surface area contributed by atoms with E-state index in [-0.39, 0.29) is 21.5 Å². The third kappa shape index (κ3) is 4.80. The number of hydrogen-bond acceptors (Lipinski definition) is 3. The number of rotatable bonds is 5. The number of halogens is 2. The maximum atomic E-state index is 12.4. The third-order valence-corrected chi connectivity index (χ3v) is 5.45. The van der Waals surface area contributed by atoms with Crippen molar-refractivity contribution >= 4 is 49.1 Å². The van der Waals surface area contributed by atoms with Crippen LogP contribution in [0.4, 0.5) is 5.69 Å². The minimum absolute atomic E-state index is 0.0139. The molecule has 1 amide bonds. The number of nitrogens with one attached hydrogen (secondary N) is 2. The molecule has 128 valence electrons. The highest BCUT2D eigenvalue weighted by atomic mass is 79.9. The quantitative estimate of drug-likeness (QED) is 0.750. The van der Waals surface area contributed by atoms with Gasteiger partial charge in [0, 0.05) is 16.2 Å². The lowest BCUT2D eigenvalue weighted by Crippen LogP contribution is -2.30. The summed E-state index contributed by atoms with van der Waals surface area (Å²) in [6, 6.07) is 10.8. The lowest BCUT2D eigenvalue weighted by Gasteiger charge is -2.12. The molecule has 2 rings (SSSR count). The summed E-state index contributed by atoms with van der Waals surface area (Å²) >= 11 is 9.38. The van der Waals surface area contributed by atoms with Crippen molar-refractivity contribution in [1.29, 1.82) is 0 Å². The first-order valence-corrected chi connectivity index (χ1v) is 9.73. The zero-order valence-electron chi connectivity index (χ0n) is 13.0. The van der Waals surface area contributed by atoms with Gasteiger partial charge in [0.15, 0.2) is 0 Å². The Balaban J connectivity index is 2.33. The van der Waals surface area contributed by atoms with Gasteiger partial charge in [0.25, 0.3) is 5.91 Å². The fraction of sp³-hybridized carbons (Fsp3) is 0.188. The zero-order chi connectivity index (χ0) is 17.9. The van der Waals surface area contributed by atoms with E-state index >= 15 is 0 Å². The molecule has 2 aromatic carbocycles. The Kier molecular flexibility index (Phi) is 6.03. The predicted octanol–water partition coefficient (Wildman–Crippen LogP) is 4.04. The van der Waals surface area contributed by atoms with Gasteiger partial charge in [-0.1, -0.05) is 33.6 Å². The van der Waals surface area contributed by atoms with Gasteiger partial charge >= 0.3 is 0 Å². The second kappa shape index (κ2) is 7.65. The molecule has 0 saturated heterocycles. The van der Waals surface area contributed by atoms with E-state index in [1.54, 1.807) is 32.0 Å². The van der Waals surface area contributed by atoms with E-state index in [0.717, 1.165) is 4.47 Å². The second-order valence-corrected chi connectivity index (χ2v) is 8.42. The van der Waals surface area contributed by atoms with E-state index in [2.05, 4.69) is 26.0 Å².